The predicted molar refractivity (Wildman–Crippen MR) is 264 cm³/mol. The van der Waals surface area contributed by atoms with Gasteiger partial charge in [0.25, 0.3) is 0 Å². The molecule has 11 rings (SSSR count). The first-order valence-corrected chi connectivity index (χ1v) is 22.4. The summed E-state index contributed by atoms with van der Waals surface area (Å²) >= 11 is 0. The standard InChI is InChI=1S/C59H52N2/c1-6-38-23-27-44(28-24-38)60(52-21-13-17-41-15-9-11-19-46(41)52)54-36-43-33-34-59(4,5)51-37-50-55(35-40(8-3)48-31-32-49(54)58(56(43)51)57(48)50)61(45-29-25-39(7-2)26-30-45)53-22-14-18-42-16-10-12-20-47(42)53/h9-32,35-37H,6-8,33-34H2,1-5H3. The summed E-state index contributed by atoms with van der Waals surface area (Å²) in [4.78, 5) is 5.12. The summed E-state index contributed by atoms with van der Waals surface area (Å²) in [6, 6.07) is 62.4. The molecule has 61 heavy (non-hydrogen) atoms. The van der Waals surface area contributed by atoms with Gasteiger partial charge in [-0.25, -0.2) is 0 Å². The number of aryl methyl sites for hydroxylation is 4. The van der Waals surface area contributed by atoms with E-state index in [4.69, 9.17) is 0 Å². The Morgan fingerprint density at radius 3 is 1.51 bits per heavy atom. The smallest absolute Gasteiger partial charge is 0.0543 e. The van der Waals surface area contributed by atoms with E-state index in [1.54, 1.807) is 0 Å². The van der Waals surface area contributed by atoms with Crippen molar-refractivity contribution in [2.75, 3.05) is 9.80 Å². The van der Waals surface area contributed by atoms with Gasteiger partial charge in [0.1, 0.15) is 0 Å². The van der Waals surface area contributed by atoms with Crippen molar-refractivity contribution in [2.24, 2.45) is 0 Å². The third-order valence-electron chi connectivity index (χ3n) is 14.0. The lowest BCUT2D eigenvalue weighted by molar-refractivity contribution is 0.475. The molecule has 0 aliphatic heterocycles. The average Bonchev–Trinajstić information content (AvgIpc) is 3.31. The third-order valence-corrected chi connectivity index (χ3v) is 14.0. The van der Waals surface area contributed by atoms with Crippen LogP contribution in [0, 0.1) is 0 Å². The second-order valence-electron chi connectivity index (χ2n) is 17.8. The first kappa shape index (κ1) is 37.4. The molecule has 0 bridgehead atoms. The van der Waals surface area contributed by atoms with Gasteiger partial charge in [-0.05, 0) is 147 Å². The highest BCUT2D eigenvalue weighted by Crippen LogP contribution is 2.54. The quantitative estimate of drug-likeness (QED) is 0.134. The maximum atomic E-state index is 2.60. The summed E-state index contributed by atoms with van der Waals surface area (Å²) < 4.78 is 0. The Labute approximate surface area is 360 Å². The van der Waals surface area contributed by atoms with Crippen LogP contribution in [0.5, 0.6) is 0 Å². The number of benzene rings is 10. The summed E-state index contributed by atoms with van der Waals surface area (Å²) in [5, 5.41) is 13.2. The molecular weight excluding hydrogens is 737 g/mol. The number of fused-ring (bicyclic) bond motifs is 2. The Morgan fingerprint density at radius 1 is 0.426 bits per heavy atom. The number of nitrogens with zero attached hydrogens (tertiary/aromatic N) is 2. The molecule has 0 unspecified atom stereocenters. The van der Waals surface area contributed by atoms with E-state index in [9.17, 15) is 0 Å². The molecule has 0 amide bonds. The lowest BCUT2D eigenvalue weighted by Crippen LogP contribution is -2.24. The van der Waals surface area contributed by atoms with Gasteiger partial charge in [-0.1, -0.05) is 144 Å². The summed E-state index contributed by atoms with van der Waals surface area (Å²) in [6.45, 7) is 11.7. The topological polar surface area (TPSA) is 6.48 Å². The van der Waals surface area contributed by atoms with Crippen molar-refractivity contribution in [1.82, 2.24) is 0 Å². The summed E-state index contributed by atoms with van der Waals surface area (Å²) in [5.41, 5.74) is 14.2. The first-order chi connectivity index (χ1) is 29.9. The molecular formula is C59H52N2. The molecule has 298 valence electrons. The van der Waals surface area contributed by atoms with Crippen LogP contribution in [0.1, 0.15) is 68.9 Å². The van der Waals surface area contributed by atoms with Gasteiger partial charge in [-0.15, -0.1) is 0 Å². The number of hydrogen-bond donors (Lipinski definition) is 0. The Morgan fingerprint density at radius 2 is 0.951 bits per heavy atom. The molecule has 0 spiro atoms. The molecule has 0 radical (unpaired) electrons. The van der Waals surface area contributed by atoms with E-state index < -0.39 is 0 Å². The first-order valence-electron chi connectivity index (χ1n) is 22.4. The summed E-state index contributed by atoms with van der Waals surface area (Å²) in [7, 11) is 0. The van der Waals surface area contributed by atoms with Gasteiger partial charge in [0.15, 0.2) is 0 Å². The zero-order valence-electron chi connectivity index (χ0n) is 36.0. The largest absolute Gasteiger partial charge is 0.309 e. The Hall–Kier alpha value is -6.64. The zero-order valence-corrected chi connectivity index (χ0v) is 36.0. The van der Waals surface area contributed by atoms with Crippen LogP contribution in [0.4, 0.5) is 34.1 Å². The molecule has 0 saturated carbocycles. The van der Waals surface area contributed by atoms with Crippen molar-refractivity contribution >= 4 is 88.0 Å². The van der Waals surface area contributed by atoms with Crippen molar-refractivity contribution in [3.05, 3.63) is 192 Å². The fraction of sp³-hybridized carbons (Fsp3) is 0.186. The molecule has 2 heteroatoms. The van der Waals surface area contributed by atoms with Crippen molar-refractivity contribution < 1.29 is 0 Å². The van der Waals surface area contributed by atoms with E-state index in [0.717, 1.165) is 32.1 Å². The van der Waals surface area contributed by atoms with E-state index in [-0.39, 0.29) is 5.41 Å². The van der Waals surface area contributed by atoms with Crippen molar-refractivity contribution in [3.63, 3.8) is 0 Å². The highest BCUT2D eigenvalue weighted by Gasteiger charge is 2.34. The minimum absolute atomic E-state index is 0.000347. The van der Waals surface area contributed by atoms with Gasteiger partial charge in [0, 0.05) is 38.3 Å². The van der Waals surface area contributed by atoms with Gasteiger partial charge in [0.05, 0.1) is 22.7 Å². The molecule has 1 aliphatic rings. The molecule has 10 aromatic carbocycles. The fourth-order valence-electron chi connectivity index (χ4n) is 10.6. The second-order valence-corrected chi connectivity index (χ2v) is 17.8. The molecule has 1 aliphatic carbocycles. The van der Waals surface area contributed by atoms with Crippen LogP contribution in [-0.2, 0) is 31.1 Å². The number of rotatable bonds is 9. The van der Waals surface area contributed by atoms with Crippen LogP contribution in [0.2, 0.25) is 0 Å². The highest BCUT2D eigenvalue weighted by molar-refractivity contribution is 6.30. The maximum absolute atomic E-state index is 2.60. The predicted octanol–water partition coefficient (Wildman–Crippen LogP) is 16.7. The average molecular weight is 789 g/mol. The molecule has 0 heterocycles. The fourth-order valence-corrected chi connectivity index (χ4v) is 10.6. The van der Waals surface area contributed by atoms with Gasteiger partial charge >= 0.3 is 0 Å². The molecule has 10 aromatic rings. The Kier molecular flexibility index (Phi) is 8.90. The van der Waals surface area contributed by atoms with E-state index in [1.165, 1.54) is 116 Å². The van der Waals surface area contributed by atoms with Crippen LogP contribution in [0.3, 0.4) is 0 Å². The molecule has 0 aromatic heterocycles. The normalized spacial score (nSPS) is 13.5. The maximum Gasteiger partial charge on any atom is 0.0543 e. The van der Waals surface area contributed by atoms with E-state index in [1.807, 2.05) is 0 Å². The Balaban J connectivity index is 1.29. The monoisotopic (exact) mass is 788 g/mol. The van der Waals surface area contributed by atoms with E-state index in [0.29, 0.717) is 0 Å². The van der Waals surface area contributed by atoms with E-state index in [2.05, 4.69) is 208 Å². The van der Waals surface area contributed by atoms with Gasteiger partial charge in [-0.3, -0.25) is 0 Å². The lowest BCUT2D eigenvalue weighted by atomic mass is 9.70. The SMILES string of the molecule is CCc1ccc(N(c2cccc3ccccc23)c2cc(CC)c3ccc4c(N(c5ccc(CC)cc5)c5cccc6ccccc56)cc5c6c(cc2c3c46)C(C)(C)CC5)cc1. The van der Waals surface area contributed by atoms with Crippen LogP contribution >= 0.6 is 0 Å². The van der Waals surface area contributed by atoms with E-state index >= 15 is 0 Å². The molecule has 2 nitrogen and oxygen atoms in total. The number of anilines is 6. The minimum atomic E-state index is 0.000347. The van der Waals surface area contributed by atoms with Crippen LogP contribution in [0.25, 0.3) is 53.9 Å². The van der Waals surface area contributed by atoms with Crippen LogP contribution < -0.4 is 9.80 Å². The third kappa shape index (κ3) is 5.91. The molecule has 0 atom stereocenters. The highest BCUT2D eigenvalue weighted by atomic mass is 15.2. The van der Waals surface area contributed by atoms with Crippen molar-refractivity contribution in [1.29, 1.82) is 0 Å². The van der Waals surface area contributed by atoms with Crippen molar-refractivity contribution in [3.8, 4) is 0 Å². The Bertz CT molecular complexity index is 3270. The van der Waals surface area contributed by atoms with Gasteiger partial charge in [0.2, 0.25) is 0 Å². The second kappa shape index (κ2) is 14.5. The number of hydrogen-bond acceptors (Lipinski definition) is 2. The lowest BCUT2D eigenvalue weighted by Gasteiger charge is -2.37. The van der Waals surface area contributed by atoms with Crippen LogP contribution in [0.15, 0.2) is 164 Å². The minimum Gasteiger partial charge on any atom is -0.309 e. The summed E-state index contributed by atoms with van der Waals surface area (Å²) in [5.74, 6) is 0. The molecule has 0 fully saturated rings. The van der Waals surface area contributed by atoms with Gasteiger partial charge in [-0.2, -0.15) is 0 Å². The molecule has 0 saturated heterocycles. The van der Waals surface area contributed by atoms with Crippen LogP contribution in [-0.4, -0.2) is 0 Å². The van der Waals surface area contributed by atoms with Gasteiger partial charge < -0.3 is 9.80 Å². The van der Waals surface area contributed by atoms with Crippen molar-refractivity contribution in [2.45, 2.75) is 72.1 Å². The summed E-state index contributed by atoms with van der Waals surface area (Å²) in [6.07, 6.45) is 5.09. The molecule has 0 N–H and O–H groups in total. The zero-order chi connectivity index (χ0) is 41.4.